The van der Waals surface area contributed by atoms with Crippen LogP contribution in [-0.4, -0.2) is 42.2 Å². The lowest BCUT2D eigenvalue weighted by Crippen LogP contribution is -2.43. The molecule has 0 rings (SSSR count). The SMILES string of the molecule is C=C(C)C(=O)OC(C)CC[Si](OC)(OC)OC. The molecule has 0 aliphatic carbocycles. The van der Waals surface area contributed by atoms with Crippen LogP contribution in [0, 0.1) is 0 Å². The summed E-state index contributed by atoms with van der Waals surface area (Å²) in [5.41, 5.74) is 0.394. The van der Waals surface area contributed by atoms with Crippen LogP contribution in [0.1, 0.15) is 20.3 Å². The predicted molar refractivity (Wildman–Crippen MR) is 66.6 cm³/mol. The summed E-state index contributed by atoms with van der Waals surface area (Å²) < 4.78 is 21.0. The van der Waals surface area contributed by atoms with Crippen molar-refractivity contribution in [2.24, 2.45) is 0 Å². The van der Waals surface area contributed by atoms with Crippen LogP contribution in [0.3, 0.4) is 0 Å². The summed E-state index contributed by atoms with van der Waals surface area (Å²) in [6.07, 6.45) is 0.410. The van der Waals surface area contributed by atoms with Crippen LogP contribution in [0.5, 0.6) is 0 Å². The Kier molecular flexibility index (Phi) is 7.29. The van der Waals surface area contributed by atoms with Crippen molar-refractivity contribution in [3.8, 4) is 0 Å². The molecule has 0 radical (unpaired) electrons. The zero-order chi connectivity index (χ0) is 13.5. The first-order valence-electron chi connectivity index (χ1n) is 5.42. The molecule has 100 valence electrons. The number of hydrogen-bond donors (Lipinski definition) is 0. The van der Waals surface area contributed by atoms with Crippen molar-refractivity contribution in [2.45, 2.75) is 32.4 Å². The molecule has 17 heavy (non-hydrogen) atoms. The van der Waals surface area contributed by atoms with Gasteiger partial charge in [-0.1, -0.05) is 6.58 Å². The first-order valence-corrected chi connectivity index (χ1v) is 7.36. The fraction of sp³-hybridized carbons (Fsp3) is 0.727. The van der Waals surface area contributed by atoms with Gasteiger partial charge in [0, 0.05) is 32.9 Å². The molecule has 0 heterocycles. The van der Waals surface area contributed by atoms with Gasteiger partial charge in [-0.05, 0) is 20.3 Å². The average Bonchev–Trinajstić information content (AvgIpc) is 2.31. The summed E-state index contributed by atoms with van der Waals surface area (Å²) >= 11 is 0. The van der Waals surface area contributed by atoms with Crippen LogP contribution in [0.25, 0.3) is 0 Å². The first kappa shape index (κ1) is 16.3. The molecule has 5 nitrogen and oxygen atoms in total. The van der Waals surface area contributed by atoms with Crippen LogP contribution in [-0.2, 0) is 22.8 Å². The number of carbonyl (C=O) groups is 1. The van der Waals surface area contributed by atoms with Crippen LogP contribution in [0.4, 0.5) is 0 Å². The highest BCUT2D eigenvalue weighted by atomic mass is 28.4. The molecule has 0 saturated heterocycles. The second-order valence-corrected chi connectivity index (χ2v) is 6.92. The van der Waals surface area contributed by atoms with E-state index in [9.17, 15) is 4.79 Å². The second-order valence-electron chi connectivity index (χ2n) is 3.83. The Morgan fingerprint density at radius 3 is 2.06 bits per heavy atom. The highest BCUT2D eigenvalue weighted by Crippen LogP contribution is 2.17. The smallest absolute Gasteiger partial charge is 0.459 e. The molecule has 1 atom stereocenters. The van der Waals surface area contributed by atoms with Crippen molar-refractivity contribution in [1.29, 1.82) is 0 Å². The summed E-state index contributed by atoms with van der Waals surface area (Å²) in [5, 5.41) is 0. The topological polar surface area (TPSA) is 54.0 Å². The lowest BCUT2D eigenvalue weighted by Gasteiger charge is -2.25. The van der Waals surface area contributed by atoms with Crippen molar-refractivity contribution >= 4 is 14.8 Å². The predicted octanol–water partition coefficient (Wildman–Crippen LogP) is 1.76. The number of carbonyl (C=O) groups excluding carboxylic acids is 1. The van der Waals surface area contributed by atoms with E-state index in [1.54, 1.807) is 28.3 Å². The largest absolute Gasteiger partial charge is 0.500 e. The molecular formula is C11H22O5Si. The van der Waals surface area contributed by atoms with Crippen LogP contribution >= 0.6 is 0 Å². The number of esters is 1. The van der Waals surface area contributed by atoms with Crippen molar-refractivity contribution < 1.29 is 22.8 Å². The van der Waals surface area contributed by atoms with E-state index >= 15 is 0 Å². The molecule has 0 aromatic heterocycles. The van der Waals surface area contributed by atoms with Gasteiger partial charge < -0.3 is 18.0 Å². The van der Waals surface area contributed by atoms with E-state index in [2.05, 4.69) is 6.58 Å². The maximum Gasteiger partial charge on any atom is 0.500 e. The van der Waals surface area contributed by atoms with E-state index in [0.717, 1.165) is 0 Å². The normalized spacial score (nSPS) is 13.2. The molecule has 0 aromatic carbocycles. The lowest BCUT2D eigenvalue weighted by molar-refractivity contribution is -0.143. The van der Waals surface area contributed by atoms with Gasteiger partial charge in [0.1, 0.15) is 0 Å². The monoisotopic (exact) mass is 262 g/mol. The third kappa shape index (κ3) is 5.45. The van der Waals surface area contributed by atoms with Gasteiger partial charge >= 0.3 is 14.8 Å². The maximum absolute atomic E-state index is 11.3. The van der Waals surface area contributed by atoms with Gasteiger partial charge in [0.25, 0.3) is 0 Å². The fourth-order valence-electron chi connectivity index (χ4n) is 1.28. The average molecular weight is 262 g/mol. The Hall–Kier alpha value is -0.693. The fourth-order valence-corrected chi connectivity index (χ4v) is 3.15. The summed E-state index contributed by atoms with van der Waals surface area (Å²) in [5.74, 6) is -0.378. The Morgan fingerprint density at radius 2 is 1.71 bits per heavy atom. The molecule has 0 amide bonds. The summed E-state index contributed by atoms with van der Waals surface area (Å²) in [4.78, 5) is 11.3. The highest BCUT2D eigenvalue weighted by molar-refractivity contribution is 6.60. The van der Waals surface area contributed by atoms with Gasteiger partial charge in [0.2, 0.25) is 0 Å². The molecule has 0 bridgehead atoms. The van der Waals surface area contributed by atoms with Crippen molar-refractivity contribution in [3.63, 3.8) is 0 Å². The van der Waals surface area contributed by atoms with Crippen molar-refractivity contribution in [2.75, 3.05) is 21.3 Å². The zero-order valence-electron chi connectivity index (χ0n) is 11.2. The van der Waals surface area contributed by atoms with Crippen molar-refractivity contribution in [1.82, 2.24) is 0 Å². The van der Waals surface area contributed by atoms with Gasteiger partial charge in [-0.3, -0.25) is 0 Å². The molecule has 0 fully saturated rings. The Balaban J connectivity index is 4.18. The minimum atomic E-state index is -2.57. The van der Waals surface area contributed by atoms with Crippen LogP contribution < -0.4 is 0 Å². The molecule has 0 aliphatic rings. The maximum atomic E-state index is 11.3. The molecule has 0 aliphatic heterocycles. The highest BCUT2D eigenvalue weighted by Gasteiger charge is 2.37. The van der Waals surface area contributed by atoms with Gasteiger partial charge in [-0.15, -0.1) is 0 Å². The molecule has 0 saturated carbocycles. The van der Waals surface area contributed by atoms with Gasteiger partial charge in [0.05, 0.1) is 6.10 Å². The summed E-state index contributed by atoms with van der Waals surface area (Å²) in [7, 11) is 2.11. The first-order chi connectivity index (χ1) is 7.90. The summed E-state index contributed by atoms with van der Waals surface area (Å²) in [6, 6.07) is 0.598. The number of ether oxygens (including phenoxy) is 1. The minimum absolute atomic E-state index is 0.216. The van der Waals surface area contributed by atoms with E-state index in [1.807, 2.05) is 6.92 Å². The number of rotatable bonds is 8. The van der Waals surface area contributed by atoms with Crippen LogP contribution in [0.2, 0.25) is 6.04 Å². The van der Waals surface area contributed by atoms with Gasteiger partial charge in [-0.25, -0.2) is 4.79 Å². The lowest BCUT2D eigenvalue weighted by atomic mass is 10.3. The quantitative estimate of drug-likeness (QED) is 0.379. The van der Waals surface area contributed by atoms with E-state index in [0.29, 0.717) is 18.0 Å². The van der Waals surface area contributed by atoms with E-state index in [4.69, 9.17) is 18.0 Å². The minimum Gasteiger partial charge on any atom is -0.459 e. The van der Waals surface area contributed by atoms with Crippen molar-refractivity contribution in [3.05, 3.63) is 12.2 Å². The van der Waals surface area contributed by atoms with Gasteiger partial charge in [-0.2, -0.15) is 0 Å². The molecule has 1 unspecified atom stereocenters. The summed E-state index contributed by atoms with van der Waals surface area (Å²) in [6.45, 7) is 6.96. The Morgan fingerprint density at radius 1 is 1.24 bits per heavy atom. The molecule has 0 aromatic rings. The molecular weight excluding hydrogens is 240 g/mol. The van der Waals surface area contributed by atoms with E-state index in [-0.39, 0.29) is 12.1 Å². The third-order valence-corrected chi connectivity index (χ3v) is 5.21. The molecule has 0 N–H and O–H groups in total. The van der Waals surface area contributed by atoms with E-state index in [1.165, 1.54) is 0 Å². The second kappa shape index (κ2) is 7.60. The Labute approximate surface area is 104 Å². The standard InChI is InChI=1S/C11H22O5Si/c1-9(2)11(12)16-10(3)7-8-17(13-4,14-5)15-6/h10H,1,7-8H2,2-6H3. The molecule has 6 heteroatoms. The van der Waals surface area contributed by atoms with Crippen LogP contribution in [0.15, 0.2) is 12.2 Å². The van der Waals surface area contributed by atoms with Gasteiger partial charge in [0.15, 0.2) is 0 Å². The Bertz CT molecular complexity index is 254. The zero-order valence-corrected chi connectivity index (χ0v) is 12.2. The third-order valence-electron chi connectivity index (χ3n) is 2.45. The molecule has 0 spiro atoms. The number of hydrogen-bond acceptors (Lipinski definition) is 5. The van der Waals surface area contributed by atoms with E-state index < -0.39 is 8.80 Å².